The summed E-state index contributed by atoms with van der Waals surface area (Å²) in [5.74, 6) is 1.66. The number of ether oxygens (including phenoxy) is 2. The molecule has 1 atom stereocenters. The van der Waals surface area contributed by atoms with E-state index in [1.807, 2.05) is 0 Å². The van der Waals surface area contributed by atoms with Gasteiger partial charge >= 0.3 is 0 Å². The van der Waals surface area contributed by atoms with Crippen LogP contribution in [0.25, 0.3) is 0 Å². The molecule has 1 aliphatic rings. The number of hydrogen-bond acceptors (Lipinski definition) is 3. The number of nitrogens with zero attached hydrogens (tertiary/aromatic N) is 1. The van der Waals surface area contributed by atoms with Crippen LogP contribution in [0.5, 0.6) is 5.75 Å². The Labute approximate surface area is 138 Å². The lowest BCUT2D eigenvalue weighted by molar-refractivity contribution is 0.0676. The quantitative estimate of drug-likeness (QED) is 0.461. The average molecular weight is 317 g/mol. The van der Waals surface area contributed by atoms with Gasteiger partial charge in [-0.25, -0.2) is 0 Å². The summed E-state index contributed by atoms with van der Waals surface area (Å²) >= 11 is 0. The Hall–Kier alpha value is -2.01. The van der Waals surface area contributed by atoms with Crippen LogP contribution in [0.15, 0.2) is 35.8 Å². The second-order valence-electron chi connectivity index (χ2n) is 5.65. The Kier molecular flexibility index (Phi) is 6.94. The van der Waals surface area contributed by atoms with E-state index in [1.165, 1.54) is 5.56 Å². The van der Waals surface area contributed by atoms with Gasteiger partial charge in [-0.05, 0) is 31.4 Å². The molecule has 0 aromatic heterocycles. The molecule has 1 heterocycles. The fourth-order valence-corrected chi connectivity index (χ4v) is 2.47. The number of benzene rings is 1. The SMILES string of the molecule is C=CCNC(=NC)NCc1ccc(C)cc1OCC1CCCO1. The summed E-state index contributed by atoms with van der Waals surface area (Å²) in [6.07, 6.45) is 4.23. The number of hydrogen-bond donors (Lipinski definition) is 2. The van der Waals surface area contributed by atoms with Crippen LogP contribution >= 0.6 is 0 Å². The predicted octanol–water partition coefficient (Wildman–Crippen LogP) is 2.40. The maximum atomic E-state index is 6.01. The molecule has 2 N–H and O–H groups in total. The first-order valence-electron chi connectivity index (χ1n) is 8.12. The molecule has 0 amide bonds. The molecular formula is C18H27N3O2. The molecule has 23 heavy (non-hydrogen) atoms. The summed E-state index contributed by atoms with van der Waals surface area (Å²) < 4.78 is 11.6. The van der Waals surface area contributed by atoms with Gasteiger partial charge in [0, 0.05) is 32.3 Å². The van der Waals surface area contributed by atoms with Crippen molar-refractivity contribution in [2.75, 3.05) is 26.8 Å². The minimum absolute atomic E-state index is 0.221. The molecule has 2 rings (SSSR count). The molecule has 126 valence electrons. The van der Waals surface area contributed by atoms with Crippen molar-refractivity contribution in [1.82, 2.24) is 10.6 Å². The molecule has 1 aliphatic heterocycles. The monoisotopic (exact) mass is 317 g/mol. The second-order valence-corrected chi connectivity index (χ2v) is 5.65. The fourth-order valence-electron chi connectivity index (χ4n) is 2.47. The molecule has 1 saturated heterocycles. The molecule has 5 nitrogen and oxygen atoms in total. The normalized spacial score (nSPS) is 17.8. The molecular weight excluding hydrogens is 290 g/mol. The smallest absolute Gasteiger partial charge is 0.191 e. The van der Waals surface area contributed by atoms with E-state index in [4.69, 9.17) is 9.47 Å². The summed E-state index contributed by atoms with van der Waals surface area (Å²) in [6.45, 7) is 8.55. The van der Waals surface area contributed by atoms with Gasteiger partial charge in [0.15, 0.2) is 5.96 Å². The van der Waals surface area contributed by atoms with Crippen LogP contribution in [0, 0.1) is 6.92 Å². The topological polar surface area (TPSA) is 54.9 Å². The van der Waals surface area contributed by atoms with Gasteiger partial charge in [-0.3, -0.25) is 4.99 Å². The third kappa shape index (κ3) is 5.60. The summed E-state index contributed by atoms with van der Waals surface area (Å²) in [7, 11) is 1.75. The first kappa shape index (κ1) is 17.3. The Bertz CT molecular complexity index is 537. The van der Waals surface area contributed by atoms with Crippen LogP contribution in [0.1, 0.15) is 24.0 Å². The number of nitrogens with one attached hydrogen (secondary N) is 2. The van der Waals surface area contributed by atoms with E-state index in [2.05, 4.69) is 47.3 Å². The van der Waals surface area contributed by atoms with Crippen LogP contribution in [-0.2, 0) is 11.3 Å². The zero-order valence-corrected chi connectivity index (χ0v) is 14.1. The Morgan fingerprint density at radius 1 is 1.48 bits per heavy atom. The molecule has 0 aliphatic carbocycles. The van der Waals surface area contributed by atoms with Crippen molar-refractivity contribution in [1.29, 1.82) is 0 Å². The van der Waals surface area contributed by atoms with Crippen LogP contribution < -0.4 is 15.4 Å². The highest BCUT2D eigenvalue weighted by Crippen LogP contribution is 2.22. The van der Waals surface area contributed by atoms with E-state index >= 15 is 0 Å². The van der Waals surface area contributed by atoms with Gasteiger partial charge in [0.25, 0.3) is 0 Å². The second kappa shape index (κ2) is 9.20. The molecule has 0 bridgehead atoms. The van der Waals surface area contributed by atoms with Crippen molar-refractivity contribution >= 4 is 5.96 Å². The van der Waals surface area contributed by atoms with Gasteiger partial charge in [-0.2, -0.15) is 0 Å². The first-order chi connectivity index (χ1) is 11.2. The molecule has 0 radical (unpaired) electrons. The van der Waals surface area contributed by atoms with E-state index in [1.54, 1.807) is 13.1 Å². The zero-order valence-electron chi connectivity index (χ0n) is 14.1. The number of guanidine groups is 1. The summed E-state index contributed by atoms with van der Waals surface area (Å²) in [6, 6.07) is 6.26. The maximum Gasteiger partial charge on any atom is 0.191 e. The molecule has 1 aromatic carbocycles. The van der Waals surface area contributed by atoms with E-state index in [9.17, 15) is 0 Å². The predicted molar refractivity (Wildman–Crippen MR) is 94.0 cm³/mol. The van der Waals surface area contributed by atoms with Crippen molar-refractivity contribution in [2.24, 2.45) is 4.99 Å². The van der Waals surface area contributed by atoms with E-state index in [0.717, 1.165) is 36.7 Å². The van der Waals surface area contributed by atoms with Crippen LogP contribution in [0.4, 0.5) is 0 Å². The van der Waals surface area contributed by atoms with Crippen molar-refractivity contribution in [3.05, 3.63) is 42.0 Å². The fraction of sp³-hybridized carbons (Fsp3) is 0.500. The molecule has 0 saturated carbocycles. The van der Waals surface area contributed by atoms with E-state index in [-0.39, 0.29) is 6.10 Å². The highest BCUT2D eigenvalue weighted by molar-refractivity contribution is 5.79. The lowest BCUT2D eigenvalue weighted by Crippen LogP contribution is -2.36. The lowest BCUT2D eigenvalue weighted by Gasteiger charge is -2.17. The highest BCUT2D eigenvalue weighted by Gasteiger charge is 2.17. The average Bonchev–Trinajstić information content (AvgIpc) is 3.08. The van der Waals surface area contributed by atoms with Gasteiger partial charge in [0.2, 0.25) is 0 Å². The first-order valence-corrected chi connectivity index (χ1v) is 8.12. The molecule has 1 fully saturated rings. The van der Waals surface area contributed by atoms with E-state index < -0.39 is 0 Å². The van der Waals surface area contributed by atoms with E-state index in [0.29, 0.717) is 19.7 Å². The van der Waals surface area contributed by atoms with Crippen LogP contribution in [0.2, 0.25) is 0 Å². The van der Waals surface area contributed by atoms with Crippen molar-refractivity contribution in [2.45, 2.75) is 32.4 Å². The van der Waals surface area contributed by atoms with Gasteiger partial charge < -0.3 is 20.1 Å². The van der Waals surface area contributed by atoms with Gasteiger partial charge in [0.05, 0.1) is 6.10 Å². The lowest BCUT2D eigenvalue weighted by atomic mass is 10.1. The molecule has 0 spiro atoms. The van der Waals surface area contributed by atoms with Crippen molar-refractivity contribution < 1.29 is 9.47 Å². The Morgan fingerprint density at radius 3 is 3.04 bits per heavy atom. The summed E-state index contributed by atoms with van der Waals surface area (Å²) in [5, 5.41) is 6.45. The van der Waals surface area contributed by atoms with Crippen molar-refractivity contribution in [3.63, 3.8) is 0 Å². The largest absolute Gasteiger partial charge is 0.491 e. The number of rotatable bonds is 7. The summed E-state index contributed by atoms with van der Waals surface area (Å²) in [4.78, 5) is 4.18. The molecule has 1 aromatic rings. The Morgan fingerprint density at radius 2 is 2.35 bits per heavy atom. The number of aryl methyl sites for hydroxylation is 1. The molecule has 1 unspecified atom stereocenters. The van der Waals surface area contributed by atoms with Gasteiger partial charge in [-0.15, -0.1) is 6.58 Å². The highest BCUT2D eigenvalue weighted by atomic mass is 16.5. The van der Waals surface area contributed by atoms with Gasteiger partial charge in [-0.1, -0.05) is 18.2 Å². The standard InChI is InChI=1S/C18H27N3O2/c1-4-9-20-18(19-3)21-12-15-8-7-14(2)11-17(15)23-13-16-6-5-10-22-16/h4,7-8,11,16H,1,5-6,9-10,12-13H2,2-3H3,(H2,19,20,21). The van der Waals surface area contributed by atoms with Crippen LogP contribution in [0.3, 0.4) is 0 Å². The van der Waals surface area contributed by atoms with Gasteiger partial charge in [0.1, 0.15) is 12.4 Å². The minimum atomic E-state index is 0.221. The third-order valence-corrected chi connectivity index (χ3v) is 3.76. The maximum absolute atomic E-state index is 6.01. The Balaban J connectivity index is 1.95. The van der Waals surface area contributed by atoms with Crippen molar-refractivity contribution in [3.8, 4) is 5.75 Å². The molecule has 5 heteroatoms. The summed E-state index contributed by atoms with van der Waals surface area (Å²) in [5.41, 5.74) is 2.29. The minimum Gasteiger partial charge on any atom is -0.491 e. The van der Waals surface area contributed by atoms with Crippen LogP contribution in [-0.4, -0.2) is 38.9 Å². The zero-order chi connectivity index (χ0) is 16.5. The third-order valence-electron chi connectivity index (χ3n) is 3.76. The number of aliphatic imine (C=N–C) groups is 1.